The lowest BCUT2D eigenvalue weighted by molar-refractivity contribution is -0.130. The molecule has 4 rings (SSSR count). The van der Waals surface area contributed by atoms with E-state index in [1.165, 1.54) is 0 Å². The molecule has 31 heavy (non-hydrogen) atoms. The van der Waals surface area contributed by atoms with Crippen LogP contribution in [0.4, 0.5) is 4.79 Å². The maximum absolute atomic E-state index is 12.6. The standard InChI is InChI=1S/C22H23N5O4/c1-31-15-8-6-14(7-9-15)10-11-27-21(29)18(26-22(27)30)12-20(28)23-13-19-24-16-4-2-3-5-17(16)25-19/h2-9,18H,10-13H2,1H3,(H,23,28)(H,24,25)(H,26,30)/t18-/m1/s1. The van der Waals surface area contributed by atoms with Crippen molar-refractivity contribution < 1.29 is 19.1 Å². The molecule has 0 radical (unpaired) electrons. The van der Waals surface area contributed by atoms with E-state index in [4.69, 9.17) is 4.74 Å². The van der Waals surface area contributed by atoms with E-state index in [9.17, 15) is 14.4 Å². The number of ether oxygens (including phenoxy) is 1. The van der Waals surface area contributed by atoms with Gasteiger partial charge < -0.3 is 20.4 Å². The number of benzene rings is 2. The topological polar surface area (TPSA) is 116 Å². The first-order valence-corrected chi connectivity index (χ1v) is 9.98. The molecule has 3 N–H and O–H groups in total. The van der Waals surface area contributed by atoms with Crippen LogP contribution in [0.3, 0.4) is 0 Å². The average molecular weight is 421 g/mol. The van der Waals surface area contributed by atoms with Gasteiger partial charge in [-0.05, 0) is 36.2 Å². The highest BCUT2D eigenvalue weighted by Crippen LogP contribution is 2.15. The molecule has 1 aliphatic rings. The summed E-state index contributed by atoms with van der Waals surface area (Å²) in [6.45, 7) is 0.456. The zero-order valence-electron chi connectivity index (χ0n) is 17.1. The van der Waals surface area contributed by atoms with Gasteiger partial charge in [-0.1, -0.05) is 24.3 Å². The number of hydrogen-bond donors (Lipinski definition) is 3. The van der Waals surface area contributed by atoms with E-state index in [0.29, 0.717) is 12.2 Å². The highest BCUT2D eigenvalue weighted by atomic mass is 16.5. The van der Waals surface area contributed by atoms with Gasteiger partial charge in [-0.2, -0.15) is 0 Å². The highest BCUT2D eigenvalue weighted by molar-refractivity contribution is 6.05. The van der Waals surface area contributed by atoms with E-state index in [1.807, 2.05) is 48.5 Å². The summed E-state index contributed by atoms with van der Waals surface area (Å²) in [5, 5.41) is 5.33. The van der Waals surface area contributed by atoms with Gasteiger partial charge in [0.25, 0.3) is 5.91 Å². The van der Waals surface area contributed by atoms with E-state index in [0.717, 1.165) is 27.2 Å². The van der Waals surface area contributed by atoms with E-state index >= 15 is 0 Å². The molecule has 1 aliphatic heterocycles. The number of aromatic amines is 1. The monoisotopic (exact) mass is 421 g/mol. The van der Waals surface area contributed by atoms with Crippen molar-refractivity contribution in [2.45, 2.75) is 25.4 Å². The molecule has 4 amide bonds. The van der Waals surface area contributed by atoms with Crippen molar-refractivity contribution in [3.05, 3.63) is 59.9 Å². The van der Waals surface area contributed by atoms with Gasteiger partial charge in [-0.25, -0.2) is 9.78 Å². The summed E-state index contributed by atoms with van der Waals surface area (Å²) < 4.78 is 5.12. The van der Waals surface area contributed by atoms with Crippen molar-refractivity contribution >= 4 is 28.9 Å². The van der Waals surface area contributed by atoms with Crippen LogP contribution < -0.4 is 15.4 Å². The molecule has 3 aromatic rings. The molecule has 0 saturated carbocycles. The Labute approximate surface area is 178 Å². The van der Waals surface area contributed by atoms with Crippen LogP contribution in [-0.2, 0) is 22.6 Å². The molecular formula is C22H23N5O4. The van der Waals surface area contributed by atoms with Crippen LogP contribution in [0, 0.1) is 0 Å². The number of para-hydroxylation sites is 2. The fourth-order valence-electron chi connectivity index (χ4n) is 3.49. The molecule has 160 valence electrons. The molecule has 2 heterocycles. The maximum Gasteiger partial charge on any atom is 0.324 e. The summed E-state index contributed by atoms with van der Waals surface area (Å²) in [5.74, 6) is 0.637. The second kappa shape index (κ2) is 8.86. The SMILES string of the molecule is COc1ccc(CCN2C(=O)N[C@H](CC(=O)NCc3nc4ccccc4[nH]3)C2=O)cc1. The van der Waals surface area contributed by atoms with Crippen molar-refractivity contribution in [3.8, 4) is 5.75 Å². The first-order valence-electron chi connectivity index (χ1n) is 9.98. The molecule has 0 spiro atoms. The molecule has 2 aromatic carbocycles. The Hall–Kier alpha value is -3.88. The molecule has 1 atom stereocenters. The first-order chi connectivity index (χ1) is 15.0. The molecule has 1 fully saturated rings. The van der Waals surface area contributed by atoms with E-state index in [1.54, 1.807) is 7.11 Å². The predicted molar refractivity (Wildman–Crippen MR) is 113 cm³/mol. The number of nitrogens with one attached hydrogen (secondary N) is 3. The van der Waals surface area contributed by atoms with Crippen LogP contribution in [0.1, 0.15) is 17.8 Å². The minimum Gasteiger partial charge on any atom is -0.497 e. The smallest absolute Gasteiger partial charge is 0.324 e. The number of aromatic nitrogens is 2. The normalized spacial score (nSPS) is 15.9. The van der Waals surface area contributed by atoms with Gasteiger partial charge in [0.05, 0.1) is 31.1 Å². The Balaban J connectivity index is 1.27. The van der Waals surface area contributed by atoms with E-state index in [-0.39, 0.29) is 25.4 Å². The average Bonchev–Trinajstić information content (AvgIpc) is 3.31. The third-order valence-electron chi connectivity index (χ3n) is 5.17. The van der Waals surface area contributed by atoms with Crippen LogP contribution in [0.15, 0.2) is 48.5 Å². The number of methoxy groups -OCH3 is 1. The van der Waals surface area contributed by atoms with E-state index in [2.05, 4.69) is 20.6 Å². The van der Waals surface area contributed by atoms with Gasteiger partial charge in [0.1, 0.15) is 17.6 Å². The number of imide groups is 1. The summed E-state index contributed by atoms with van der Waals surface area (Å²) in [6.07, 6.45) is 0.401. The number of H-pyrrole nitrogens is 1. The summed E-state index contributed by atoms with van der Waals surface area (Å²) >= 11 is 0. The molecule has 1 saturated heterocycles. The fraction of sp³-hybridized carbons (Fsp3) is 0.273. The second-order valence-electron chi connectivity index (χ2n) is 7.27. The number of hydrogen-bond acceptors (Lipinski definition) is 5. The van der Waals surface area contributed by atoms with Crippen molar-refractivity contribution in [1.82, 2.24) is 25.5 Å². The largest absolute Gasteiger partial charge is 0.497 e. The van der Waals surface area contributed by atoms with E-state index < -0.39 is 18.0 Å². The number of carbonyl (C=O) groups is 3. The first kappa shape index (κ1) is 20.4. The van der Waals surface area contributed by atoms with Gasteiger partial charge in [0.2, 0.25) is 5.91 Å². The zero-order chi connectivity index (χ0) is 21.8. The maximum atomic E-state index is 12.6. The Morgan fingerprint density at radius 2 is 1.94 bits per heavy atom. The number of urea groups is 1. The number of fused-ring (bicyclic) bond motifs is 1. The summed E-state index contributed by atoms with van der Waals surface area (Å²) in [7, 11) is 1.59. The minimum absolute atomic E-state index is 0.121. The van der Waals surface area contributed by atoms with Gasteiger partial charge in [-0.3, -0.25) is 14.5 Å². The van der Waals surface area contributed by atoms with Crippen LogP contribution in [-0.4, -0.2) is 52.4 Å². The quantitative estimate of drug-likeness (QED) is 0.479. The van der Waals surface area contributed by atoms with Crippen molar-refractivity contribution in [3.63, 3.8) is 0 Å². The Bertz CT molecular complexity index is 1080. The lowest BCUT2D eigenvalue weighted by Crippen LogP contribution is -2.36. The number of amides is 4. The lowest BCUT2D eigenvalue weighted by Gasteiger charge is -2.13. The third-order valence-corrected chi connectivity index (χ3v) is 5.17. The van der Waals surface area contributed by atoms with Crippen molar-refractivity contribution in [1.29, 1.82) is 0 Å². The number of rotatable bonds is 8. The molecular weight excluding hydrogens is 398 g/mol. The summed E-state index contributed by atoms with van der Waals surface area (Å²) in [5.41, 5.74) is 2.68. The van der Waals surface area contributed by atoms with Crippen LogP contribution in [0.2, 0.25) is 0 Å². The van der Waals surface area contributed by atoms with Crippen molar-refractivity contribution in [2.75, 3.05) is 13.7 Å². The Kier molecular flexibility index (Phi) is 5.83. The number of imidazole rings is 1. The van der Waals surface area contributed by atoms with Gasteiger partial charge >= 0.3 is 6.03 Å². The molecule has 0 unspecified atom stereocenters. The van der Waals surface area contributed by atoms with Gasteiger partial charge in [0, 0.05) is 6.54 Å². The predicted octanol–water partition coefficient (Wildman–Crippen LogP) is 1.74. The fourth-order valence-corrected chi connectivity index (χ4v) is 3.49. The molecule has 9 nitrogen and oxygen atoms in total. The second-order valence-corrected chi connectivity index (χ2v) is 7.27. The van der Waals surface area contributed by atoms with Crippen molar-refractivity contribution in [2.24, 2.45) is 0 Å². The van der Waals surface area contributed by atoms with Crippen LogP contribution >= 0.6 is 0 Å². The van der Waals surface area contributed by atoms with Crippen LogP contribution in [0.5, 0.6) is 5.75 Å². The Morgan fingerprint density at radius 3 is 2.68 bits per heavy atom. The van der Waals surface area contributed by atoms with Crippen LogP contribution in [0.25, 0.3) is 11.0 Å². The molecule has 1 aromatic heterocycles. The molecule has 9 heteroatoms. The molecule has 0 aliphatic carbocycles. The highest BCUT2D eigenvalue weighted by Gasteiger charge is 2.38. The third kappa shape index (κ3) is 4.66. The zero-order valence-corrected chi connectivity index (χ0v) is 17.1. The summed E-state index contributed by atoms with van der Waals surface area (Å²) in [4.78, 5) is 45.8. The summed E-state index contributed by atoms with van der Waals surface area (Å²) in [6, 6.07) is 13.7. The molecule has 0 bridgehead atoms. The van der Waals surface area contributed by atoms with Gasteiger partial charge in [0.15, 0.2) is 0 Å². The lowest BCUT2D eigenvalue weighted by atomic mass is 10.1. The van der Waals surface area contributed by atoms with Gasteiger partial charge in [-0.15, -0.1) is 0 Å². The number of carbonyl (C=O) groups excluding carboxylic acids is 3. The Morgan fingerprint density at radius 1 is 1.16 bits per heavy atom. The number of nitrogens with zero attached hydrogens (tertiary/aromatic N) is 2. The minimum atomic E-state index is -0.862.